The van der Waals surface area contributed by atoms with Crippen LogP contribution in [0.4, 0.5) is 5.82 Å². The van der Waals surface area contributed by atoms with Gasteiger partial charge in [0.15, 0.2) is 0 Å². The summed E-state index contributed by atoms with van der Waals surface area (Å²) < 4.78 is 11.3. The summed E-state index contributed by atoms with van der Waals surface area (Å²) in [6, 6.07) is 0. The van der Waals surface area contributed by atoms with Crippen molar-refractivity contribution < 1.29 is 9.47 Å². The van der Waals surface area contributed by atoms with Crippen molar-refractivity contribution in [1.29, 1.82) is 0 Å². The van der Waals surface area contributed by atoms with E-state index in [1.54, 1.807) is 0 Å². The van der Waals surface area contributed by atoms with Gasteiger partial charge in [-0.15, -0.1) is 0 Å². The molecule has 0 spiro atoms. The molecule has 0 aliphatic carbocycles. The van der Waals surface area contributed by atoms with Crippen molar-refractivity contribution in [3.05, 3.63) is 20.3 Å². The Morgan fingerprint density at radius 2 is 1.84 bits per heavy atom. The van der Waals surface area contributed by atoms with Gasteiger partial charge in [-0.05, 0) is 36.4 Å². The third kappa shape index (κ3) is 5.45. The molecule has 0 fully saturated rings. The molecule has 1 aromatic rings. The van der Waals surface area contributed by atoms with Gasteiger partial charge >= 0.3 is 0 Å². The molecule has 1 N–H and O–H groups in total. The summed E-state index contributed by atoms with van der Waals surface area (Å²) in [6.45, 7) is 7.86. The molecule has 0 unspecified atom stereocenters. The molecule has 0 aliphatic rings. The zero-order valence-corrected chi connectivity index (χ0v) is 13.5. The Balaban J connectivity index is 2.75. The minimum absolute atomic E-state index is 0.122. The minimum atomic E-state index is -0.122. The number of H-pyrrole nitrogens is 1. The van der Waals surface area contributed by atoms with Crippen LogP contribution in [0.15, 0.2) is 11.1 Å². The SMILES string of the molecule is CCOCCN(CCOCC)c1nc[nH]c(=O)c1I. The van der Waals surface area contributed by atoms with E-state index in [1.165, 1.54) is 6.33 Å². The molecule has 7 heteroatoms. The van der Waals surface area contributed by atoms with Crippen molar-refractivity contribution in [1.82, 2.24) is 9.97 Å². The lowest BCUT2D eigenvalue weighted by molar-refractivity contribution is 0.141. The molecule has 0 radical (unpaired) electrons. The number of nitrogens with zero attached hydrogens (tertiary/aromatic N) is 2. The Morgan fingerprint density at radius 1 is 1.26 bits per heavy atom. The first-order valence-electron chi connectivity index (χ1n) is 6.34. The van der Waals surface area contributed by atoms with E-state index in [-0.39, 0.29) is 5.56 Å². The predicted molar refractivity (Wildman–Crippen MR) is 82.8 cm³/mol. The fourth-order valence-electron chi connectivity index (χ4n) is 1.56. The van der Waals surface area contributed by atoms with E-state index in [1.807, 2.05) is 41.3 Å². The maximum absolute atomic E-state index is 11.6. The number of aromatic amines is 1. The zero-order valence-electron chi connectivity index (χ0n) is 11.3. The molecule has 0 aliphatic heterocycles. The second kappa shape index (κ2) is 9.27. The van der Waals surface area contributed by atoms with Crippen LogP contribution < -0.4 is 10.5 Å². The number of anilines is 1. The average molecular weight is 381 g/mol. The summed E-state index contributed by atoms with van der Waals surface area (Å²) in [5.74, 6) is 0.684. The lowest BCUT2D eigenvalue weighted by atomic mass is 10.4. The first-order valence-corrected chi connectivity index (χ1v) is 7.42. The van der Waals surface area contributed by atoms with E-state index in [0.717, 1.165) is 0 Å². The molecule has 1 aromatic heterocycles. The van der Waals surface area contributed by atoms with Gasteiger partial charge in [0, 0.05) is 26.3 Å². The molecule has 1 heterocycles. The topological polar surface area (TPSA) is 67.5 Å². The molecule has 0 saturated carbocycles. The lowest BCUT2D eigenvalue weighted by Crippen LogP contribution is -2.34. The first-order chi connectivity index (χ1) is 9.20. The van der Waals surface area contributed by atoms with Crippen LogP contribution in [-0.4, -0.2) is 49.5 Å². The van der Waals surface area contributed by atoms with Crippen LogP contribution in [0.1, 0.15) is 13.8 Å². The Hall–Kier alpha value is -0.670. The maximum Gasteiger partial charge on any atom is 0.266 e. The molecule has 1 rings (SSSR count). The molecule has 0 amide bonds. The summed E-state index contributed by atoms with van der Waals surface area (Å²) >= 11 is 2.01. The highest BCUT2D eigenvalue weighted by atomic mass is 127. The van der Waals surface area contributed by atoms with Crippen LogP contribution in [0.5, 0.6) is 0 Å². The highest BCUT2D eigenvalue weighted by Gasteiger charge is 2.13. The Morgan fingerprint density at radius 3 is 2.37 bits per heavy atom. The molecule has 0 bridgehead atoms. The molecule has 0 atom stereocenters. The van der Waals surface area contributed by atoms with Crippen molar-refractivity contribution in [2.45, 2.75) is 13.8 Å². The smallest absolute Gasteiger partial charge is 0.266 e. The number of rotatable bonds is 9. The first kappa shape index (κ1) is 16.4. The number of ether oxygens (including phenoxy) is 2. The van der Waals surface area contributed by atoms with E-state index >= 15 is 0 Å². The molecular formula is C12H20IN3O3. The normalized spacial score (nSPS) is 10.7. The van der Waals surface area contributed by atoms with E-state index in [2.05, 4.69) is 9.97 Å². The predicted octanol–water partition coefficient (Wildman–Crippen LogP) is 1.25. The van der Waals surface area contributed by atoms with Gasteiger partial charge in [-0.2, -0.15) is 0 Å². The Bertz CT molecular complexity index is 415. The van der Waals surface area contributed by atoms with Crippen molar-refractivity contribution in [3.8, 4) is 0 Å². The number of hydrogen-bond acceptors (Lipinski definition) is 5. The summed E-state index contributed by atoms with van der Waals surface area (Å²) in [5, 5.41) is 0. The molecule has 6 nitrogen and oxygen atoms in total. The molecular weight excluding hydrogens is 361 g/mol. The van der Waals surface area contributed by atoms with E-state index < -0.39 is 0 Å². The monoisotopic (exact) mass is 381 g/mol. The maximum atomic E-state index is 11.6. The summed E-state index contributed by atoms with van der Waals surface area (Å²) in [6.07, 6.45) is 1.42. The lowest BCUT2D eigenvalue weighted by Gasteiger charge is -2.24. The zero-order chi connectivity index (χ0) is 14.1. The van der Waals surface area contributed by atoms with Gasteiger partial charge in [0.1, 0.15) is 9.39 Å². The van der Waals surface area contributed by atoms with Crippen LogP contribution in [0.25, 0.3) is 0 Å². The van der Waals surface area contributed by atoms with Crippen molar-refractivity contribution in [2.75, 3.05) is 44.4 Å². The van der Waals surface area contributed by atoms with Gasteiger partial charge in [0.05, 0.1) is 19.5 Å². The number of hydrogen-bond donors (Lipinski definition) is 1. The van der Waals surface area contributed by atoms with Gasteiger partial charge in [0.25, 0.3) is 5.56 Å². The van der Waals surface area contributed by atoms with Crippen molar-refractivity contribution >= 4 is 28.4 Å². The average Bonchev–Trinajstić information content (AvgIpc) is 2.41. The third-order valence-electron chi connectivity index (χ3n) is 2.50. The van der Waals surface area contributed by atoms with Gasteiger partial charge in [0.2, 0.25) is 0 Å². The number of nitrogens with one attached hydrogen (secondary N) is 1. The third-order valence-corrected chi connectivity index (χ3v) is 3.47. The second-order valence-corrected chi connectivity index (χ2v) is 4.83. The van der Waals surface area contributed by atoms with Crippen LogP contribution >= 0.6 is 22.6 Å². The van der Waals surface area contributed by atoms with Gasteiger partial charge in [-0.1, -0.05) is 0 Å². The molecule has 0 saturated heterocycles. The van der Waals surface area contributed by atoms with Crippen LogP contribution in [0, 0.1) is 3.57 Å². The van der Waals surface area contributed by atoms with Gasteiger partial charge in [-0.25, -0.2) is 4.98 Å². The van der Waals surface area contributed by atoms with Crippen molar-refractivity contribution in [2.24, 2.45) is 0 Å². The second-order valence-electron chi connectivity index (χ2n) is 3.75. The molecule has 0 aromatic carbocycles. The largest absolute Gasteiger partial charge is 0.380 e. The number of halogens is 1. The minimum Gasteiger partial charge on any atom is -0.380 e. The van der Waals surface area contributed by atoms with Crippen LogP contribution in [0.3, 0.4) is 0 Å². The Kier molecular flexibility index (Phi) is 7.99. The van der Waals surface area contributed by atoms with Crippen LogP contribution in [0.2, 0.25) is 0 Å². The van der Waals surface area contributed by atoms with E-state index in [9.17, 15) is 4.79 Å². The summed E-state index contributed by atoms with van der Waals surface area (Å²) in [5.41, 5.74) is -0.122. The number of aromatic nitrogens is 2. The Labute approximate surface area is 126 Å². The summed E-state index contributed by atoms with van der Waals surface area (Å²) in [4.78, 5) is 20.4. The standard InChI is InChI=1S/C12H20IN3O3/c1-3-18-7-5-16(6-8-19-4-2)11-10(13)12(17)15-9-14-11/h9H,3-8H2,1-2H3,(H,14,15,17). The quantitative estimate of drug-likeness (QED) is 0.515. The van der Waals surface area contributed by atoms with Gasteiger partial charge < -0.3 is 19.4 Å². The van der Waals surface area contributed by atoms with E-state index in [0.29, 0.717) is 48.9 Å². The van der Waals surface area contributed by atoms with Crippen LogP contribution in [-0.2, 0) is 9.47 Å². The summed E-state index contributed by atoms with van der Waals surface area (Å²) in [7, 11) is 0. The highest BCUT2D eigenvalue weighted by molar-refractivity contribution is 14.1. The highest BCUT2D eigenvalue weighted by Crippen LogP contribution is 2.14. The molecule has 108 valence electrons. The fourth-order valence-corrected chi connectivity index (χ4v) is 2.19. The van der Waals surface area contributed by atoms with Gasteiger partial charge in [-0.3, -0.25) is 4.79 Å². The fraction of sp³-hybridized carbons (Fsp3) is 0.667. The van der Waals surface area contributed by atoms with Crippen molar-refractivity contribution in [3.63, 3.8) is 0 Å². The molecule has 19 heavy (non-hydrogen) atoms. The van der Waals surface area contributed by atoms with E-state index in [4.69, 9.17) is 9.47 Å².